The van der Waals surface area contributed by atoms with Crippen molar-refractivity contribution in [2.75, 3.05) is 19.3 Å². The van der Waals surface area contributed by atoms with Crippen molar-refractivity contribution >= 4 is 11.8 Å². The fourth-order valence-corrected chi connectivity index (χ4v) is 1.45. The Morgan fingerprint density at radius 2 is 2.06 bits per heavy atom. The molecule has 0 aliphatic carbocycles. The van der Waals surface area contributed by atoms with Crippen LogP contribution in [-0.2, 0) is 6.18 Å². The van der Waals surface area contributed by atoms with E-state index in [0.29, 0.717) is 13.0 Å². The summed E-state index contributed by atoms with van der Waals surface area (Å²) < 4.78 is 38.1. The minimum Gasteiger partial charge on any atom is -0.398 e. The number of nitrogens with two attached hydrogens (primary N) is 1. The minimum absolute atomic E-state index is 0.0381. The zero-order valence-corrected chi connectivity index (χ0v) is 9.51. The lowest BCUT2D eigenvalue weighted by molar-refractivity contribution is -0.137. The molecule has 0 unspecified atom stereocenters. The van der Waals surface area contributed by atoms with Gasteiger partial charge < -0.3 is 11.1 Å². The predicted octanol–water partition coefficient (Wildman–Crippen LogP) is 2.91. The highest BCUT2D eigenvalue weighted by Crippen LogP contribution is 2.34. The fraction of sp³-hybridized carbons (Fsp3) is 0.333. The Bertz CT molecular complexity index is 397. The highest BCUT2D eigenvalue weighted by atomic mass is 19.4. The van der Waals surface area contributed by atoms with E-state index in [-0.39, 0.29) is 11.3 Å². The summed E-state index contributed by atoms with van der Waals surface area (Å²) in [5.74, 6) is 0. The lowest BCUT2D eigenvalue weighted by atomic mass is 10.0. The van der Waals surface area contributed by atoms with Crippen molar-refractivity contribution in [3.63, 3.8) is 0 Å². The van der Waals surface area contributed by atoms with Gasteiger partial charge in [0, 0.05) is 11.3 Å². The zero-order valence-electron chi connectivity index (χ0n) is 9.51. The van der Waals surface area contributed by atoms with E-state index in [0.717, 1.165) is 6.07 Å². The van der Waals surface area contributed by atoms with Gasteiger partial charge in [-0.2, -0.15) is 13.2 Å². The Balaban J connectivity index is 3.00. The number of alkyl halides is 3. The standard InChI is InChI=1S/C12H15F3N2/c1-17-8-3-2-5-9-10(12(13,14)15)6-4-7-11(9)16/h2,4-7,17H,3,8,16H2,1H3. The zero-order chi connectivity index (χ0) is 12.9. The molecule has 0 radical (unpaired) electrons. The molecular weight excluding hydrogens is 229 g/mol. The van der Waals surface area contributed by atoms with Crippen molar-refractivity contribution in [3.05, 3.63) is 35.4 Å². The van der Waals surface area contributed by atoms with Crippen molar-refractivity contribution in [2.24, 2.45) is 0 Å². The summed E-state index contributed by atoms with van der Waals surface area (Å²) in [4.78, 5) is 0. The molecule has 17 heavy (non-hydrogen) atoms. The molecule has 0 bridgehead atoms. The van der Waals surface area contributed by atoms with Crippen LogP contribution in [0.3, 0.4) is 0 Å². The Morgan fingerprint density at radius 3 is 2.65 bits per heavy atom. The normalized spacial score (nSPS) is 12.2. The van der Waals surface area contributed by atoms with E-state index in [1.54, 1.807) is 13.1 Å². The van der Waals surface area contributed by atoms with Crippen molar-refractivity contribution in [3.8, 4) is 0 Å². The second-order valence-corrected chi connectivity index (χ2v) is 3.60. The van der Waals surface area contributed by atoms with Gasteiger partial charge in [-0.15, -0.1) is 0 Å². The van der Waals surface area contributed by atoms with Crippen LogP contribution in [0.1, 0.15) is 17.5 Å². The third kappa shape index (κ3) is 3.78. The van der Waals surface area contributed by atoms with Crippen molar-refractivity contribution < 1.29 is 13.2 Å². The molecule has 1 aromatic carbocycles. The predicted molar refractivity (Wildman–Crippen MR) is 63.4 cm³/mol. The maximum Gasteiger partial charge on any atom is 0.417 e. The van der Waals surface area contributed by atoms with E-state index in [1.807, 2.05) is 0 Å². The smallest absolute Gasteiger partial charge is 0.398 e. The number of nitrogens with one attached hydrogen (secondary N) is 1. The van der Waals surface area contributed by atoms with Crippen LogP contribution in [0.15, 0.2) is 24.3 Å². The molecule has 0 spiro atoms. The maximum atomic E-state index is 12.7. The fourth-order valence-electron chi connectivity index (χ4n) is 1.45. The average Bonchev–Trinajstić information content (AvgIpc) is 2.24. The maximum absolute atomic E-state index is 12.7. The molecule has 0 aliphatic heterocycles. The molecule has 0 heterocycles. The molecule has 0 saturated carbocycles. The quantitative estimate of drug-likeness (QED) is 0.631. The topological polar surface area (TPSA) is 38.0 Å². The van der Waals surface area contributed by atoms with E-state index in [1.165, 1.54) is 18.2 Å². The van der Waals surface area contributed by atoms with Crippen LogP contribution in [0, 0.1) is 0 Å². The van der Waals surface area contributed by atoms with Crippen LogP contribution in [0.5, 0.6) is 0 Å². The van der Waals surface area contributed by atoms with Crippen LogP contribution >= 0.6 is 0 Å². The van der Waals surface area contributed by atoms with Crippen molar-refractivity contribution in [2.45, 2.75) is 12.6 Å². The van der Waals surface area contributed by atoms with Gasteiger partial charge in [0.05, 0.1) is 5.56 Å². The van der Waals surface area contributed by atoms with Gasteiger partial charge in [-0.05, 0) is 32.1 Å². The van der Waals surface area contributed by atoms with E-state index in [4.69, 9.17) is 5.73 Å². The first-order chi connectivity index (χ1) is 7.96. The highest BCUT2D eigenvalue weighted by Gasteiger charge is 2.33. The molecule has 5 heteroatoms. The summed E-state index contributed by atoms with van der Waals surface area (Å²) in [5, 5.41) is 2.91. The summed E-state index contributed by atoms with van der Waals surface area (Å²) in [7, 11) is 1.78. The van der Waals surface area contributed by atoms with Gasteiger partial charge in [-0.1, -0.05) is 18.2 Å². The molecule has 94 valence electrons. The largest absolute Gasteiger partial charge is 0.417 e. The first kappa shape index (κ1) is 13.6. The Hall–Kier alpha value is -1.49. The number of hydrogen-bond acceptors (Lipinski definition) is 2. The summed E-state index contributed by atoms with van der Waals surface area (Å²) in [6.45, 7) is 0.713. The number of halogens is 3. The SMILES string of the molecule is CNCCC=Cc1c(N)cccc1C(F)(F)F. The molecule has 3 N–H and O–H groups in total. The van der Waals surface area contributed by atoms with Gasteiger partial charge in [-0.25, -0.2) is 0 Å². The summed E-state index contributed by atoms with van der Waals surface area (Å²) in [6, 6.07) is 3.81. The van der Waals surface area contributed by atoms with Crippen LogP contribution in [-0.4, -0.2) is 13.6 Å². The molecule has 0 fully saturated rings. The summed E-state index contributed by atoms with van der Waals surface area (Å²) in [6.07, 6.45) is -0.618. The molecule has 0 aliphatic rings. The van der Waals surface area contributed by atoms with Crippen LogP contribution < -0.4 is 11.1 Å². The second kappa shape index (κ2) is 5.72. The van der Waals surface area contributed by atoms with E-state index >= 15 is 0 Å². The first-order valence-corrected chi connectivity index (χ1v) is 5.23. The minimum atomic E-state index is -4.38. The van der Waals surface area contributed by atoms with Crippen molar-refractivity contribution in [1.82, 2.24) is 5.32 Å². The third-order valence-electron chi connectivity index (χ3n) is 2.29. The lowest BCUT2D eigenvalue weighted by Gasteiger charge is -2.12. The average molecular weight is 244 g/mol. The van der Waals surface area contributed by atoms with Gasteiger partial charge in [0.2, 0.25) is 0 Å². The van der Waals surface area contributed by atoms with Crippen LogP contribution in [0.2, 0.25) is 0 Å². The molecular formula is C12H15F3N2. The Morgan fingerprint density at radius 1 is 1.35 bits per heavy atom. The number of nitrogen functional groups attached to an aromatic ring is 1. The highest BCUT2D eigenvalue weighted by molar-refractivity contribution is 5.68. The van der Waals surface area contributed by atoms with Gasteiger partial charge in [0.25, 0.3) is 0 Å². The third-order valence-corrected chi connectivity index (χ3v) is 2.29. The van der Waals surface area contributed by atoms with Crippen molar-refractivity contribution in [1.29, 1.82) is 0 Å². The number of anilines is 1. The van der Waals surface area contributed by atoms with Crippen LogP contribution in [0.25, 0.3) is 6.08 Å². The van der Waals surface area contributed by atoms with Gasteiger partial charge >= 0.3 is 6.18 Å². The Kier molecular flexibility index (Phi) is 4.57. The number of hydrogen-bond donors (Lipinski definition) is 2. The molecule has 0 atom stereocenters. The van der Waals surface area contributed by atoms with Gasteiger partial charge in [-0.3, -0.25) is 0 Å². The monoisotopic (exact) mass is 244 g/mol. The molecule has 1 rings (SSSR count). The molecule has 1 aromatic rings. The number of benzene rings is 1. The summed E-state index contributed by atoms with van der Waals surface area (Å²) in [5.41, 5.74) is 5.05. The van der Waals surface area contributed by atoms with Crippen LogP contribution in [0.4, 0.5) is 18.9 Å². The first-order valence-electron chi connectivity index (χ1n) is 5.23. The molecule has 2 nitrogen and oxygen atoms in total. The number of rotatable bonds is 4. The molecule has 0 aromatic heterocycles. The van der Waals surface area contributed by atoms with E-state index < -0.39 is 11.7 Å². The van der Waals surface area contributed by atoms with E-state index in [2.05, 4.69) is 5.32 Å². The molecule has 0 saturated heterocycles. The van der Waals surface area contributed by atoms with Gasteiger partial charge in [0.15, 0.2) is 0 Å². The molecule has 0 amide bonds. The lowest BCUT2D eigenvalue weighted by Crippen LogP contribution is -2.09. The van der Waals surface area contributed by atoms with E-state index in [9.17, 15) is 13.2 Å². The van der Waals surface area contributed by atoms with Gasteiger partial charge in [0.1, 0.15) is 0 Å². The Labute approximate surface area is 98.3 Å². The summed E-state index contributed by atoms with van der Waals surface area (Å²) >= 11 is 0. The second-order valence-electron chi connectivity index (χ2n) is 3.60.